The highest BCUT2D eigenvalue weighted by Gasteiger charge is 2.10. The third kappa shape index (κ3) is 3.36. The molecule has 1 heterocycles. The van der Waals surface area contributed by atoms with Gasteiger partial charge in [-0.15, -0.1) is 0 Å². The standard InChI is InChI=1S/C15H16BrN3O/c1-10-4-6-13(16)12(8-10)15(20)18-11-5-7-14(17-9-11)19(2)3/h4-9H,1-3H3,(H,18,20). The summed E-state index contributed by atoms with van der Waals surface area (Å²) in [6.45, 7) is 1.96. The van der Waals surface area contributed by atoms with Crippen LogP contribution >= 0.6 is 15.9 Å². The number of amides is 1. The highest BCUT2D eigenvalue weighted by atomic mass is 79.9. The average molecular weight is 334 g/mol. The van der Waals surface area contributed by atoms with E-state index in [0.29, 0.717) is 11.3 Å². The van der Waals surface area contributed by atoms with Crippen LogP contribution < -0.4 is 10.2 Å². The van der Waals surface area contributed by atoms with Crippen molar-refractivity contribution in [3.05, 3.63) is 52.1 Å². The molecular weight excluding hydrogens is 318 g/mol. The lowest BCUT2D eigenvalue weighted by Gasteiger charge is -2.12. The zero-order valence-electron chi connectivity index (χ0n) is 11.6. The summed E-state index contributed by atoms with van der Waals surface area (Å²) in [4.78, 5) is 18.4. The third-order valence-electron chi connectivity index (χ3n) is 2.83. The van der Waals surface area contributed by atoms with Crippen LogP contribution in [0.1, 0.15) is 15.9 Å². The molecule has 4 nitrogen and oxygen atoms in total. The molecule has 1 aromatic heterocycles. The summed E-state index contributed by atoms with van der Waals surface area (Å²) < 4.78 is 0.776. The van der Waals surface area contributed by atoms with Gasteiger partial charge in [0.2, 0.25) is 0 Å². The monoisotopic (exact) mass is 333 g/mol. The number of anilines is 2. The van der Waals surface area contributed by atoms with Crippen LogP contribution in [-0.4, -0.2) is 25.0 Å². The molecule has 2 aromatic rings. The van der Waals surface area contributed by atoms with E-state index in [4.69, 9.17) is 0 Å². The molecule has 5 heteroatoms. The molecule has 0 bridgehead atoms. The molecule has 0 aliphatic rings. The number of nitrogens with zero attached hydrogens (tertiary/aromatic N) is 2. The number of carbonyl (C=O) groups is 1. The maximum Gasteiger partial charge on any atom is 0.256 e. The van der Waals surface area contributed by atoms with Crippen LogP contribution in [0, 0.1) is 6.92 Å². The van der Waals surface area contributed by atoms with Crippen molar-refractivity contribution in [1.29, 1.82) is 0 Å². The van der Waals surface area contributed by atoms with Gasteiger partial charge in [0.25, 0.3) is 5.91 Å². The van der Waals surface area contributed by atoms with E-state index in [1.807, 2.05) is 56.3 Å². The Kier molecular flexibility index (Phi) is 4.39. The molecule has 104 valence electrons. The van der Waals surface area contributed by atoms with Crippen molar-refractivity contribution < 1.29 is 4.79 Å². The van der Waals surface area contributed by atoms with Crippen LogP contribution in [0.3, 0.4) is 0 Å². The first-order valence-electron chi connectivity index (χ1n) is 6.18. The van der Waals surface area contributed by atoms with E-state index in [1.165, 1.54) is 0 Å². The topological polar surface area (TPSA) is 45.2 Å². The summed E-state index contributed by atoms with van der Waals surface area (Å²) in [5.41, 5.74) is 2.33. The lowest BCUT2D eigenvalue weighted by Crippen LogP contribution is -2.14. The number of pyridine rings is 1. The largest absolute Gasteiger partial charge is 0.363 e. The summed E-state index contributed by atoms with van der Waals surface area (Å²) in [5, 5.41) is 2.84. The molecule has 0 fully saturated rings. The minimum absolute atomic E-state index is 0.153. The fourth-order valence-corrected chi connectivity index (χ4v) is 2.16. The number of halogens is 1. The Morgan fingerprint density at radius 2 is 2.00 bits per heavy atom. The first-order chi connectivity index (χ1) is 9.47. The van der Waals surface area contributed by atoms with Crippen LogP contribution in [0.4, 0.5) is 11.5 Å². The number of hydrogen-bond donors (Lipinski definition) is 1. The smallest absolute Gasteiger partial charge is 0.256 e. The molecule has 0 unspecified atom stereocenters. The second-order valence-corrected chi connectivity index (χ2v) is 5.59. The molecule has 2 rings (SSSR count). The van der Waals surface area contributed by atoms with Crippen LogP contribution in [0.25, 0.3) is 0 Å². The maximum atomic E-state index is 12.2. The normalized spacial score (nSPS) is 10.2. The minimum atomic E-state index is -0.153. The van der Waals surface area contributed by atoms with E-state index >= 15 is 0 Å². The van der Waals surface area contributed by atoms with Gasteiger partial charge in [0.05, 0.1) is 17.4 Å². The minimum Gasteiger partial charge on any atom is -0.363 e. The molecule has 0 saturated carbocycles. The quantitative estimate of drug-likeness (QED) is 0.935. The van der Waals surface area contributed by atoms with Crippen LogP contribution in [-0.2, 0) is 0 Å². The molecular formula is C15H16BrN3O. The molecule has 0 radical (unpaired) electrons. The summed E-state index contributed by atoms with van der Waals surface area (Å²) in [5.74, 6) is 0.694. The number of carbonyl (C=O) groups excluding carboxylic acids is 1. The molecule has 1 aromatic carbocycles. The van der Waals surface area contributed by atoms with Crippen molar-refractivity contribution in [2.45, 2.75) is 6.92 Å². The van der Waals surface area contributed by atoms with Gasteiger partial charge in [-0.05, 0) is 47.1 Å². The van der Waals surface area contributed by atoms with Gasteiger partial charge in [0, 0.05) is 18.6 Å². The Balaban J connectivity index is 2.17. The fraction of sp³-hybridized carbons (Fsp3) is 0.200. The number of hydrogen-bond acceptors (Lipinski definition) is 3. The first kappa shape index (κ1) is 14.5. The maximum absolute atomic E-state index is 12.2. The molecule has 0 spiro atoms. The molecule has 1 amide bonds. The number of aryl methyl sites for hydroxylation is 1. The lowest BCUT2D eigenvalue weighted by atomic mass is 10.1. The highest BCUT2D eigenvalue weighted by molar-refractivity contribution is 9.10. The van der Waals surface area contributed by atoms with Gasteiger partial charge in [-0.25, -0.2) is 4.98 Å². The van der Waals surface area contributed by atoms with Gasteiger partial charge in [-0.1, -0.05) is 11.6 Å². The zero-order chi connectivity index (χ0) is 14.7. The Morgan fingerprint density at radius 3 is 2.60 bits per heavy atom. The van der Waals surface area contributed by atoms with Crippen LogP contribution in [0.5, 0.6) is 0 Å². The van der Waals surface area contributed by atoms with Gasteiger partial charge in [0.15, 0.2) is 0 Å². The number of rotatable bonds is 3. The van der Waals surface area contributed by atoms with Gasteiger partial charge in [-0.2, -0.15) is 0 Å². The summed E-state index contributed by atoms with van der Waals surface area (Å²) >= 11 is 3.39. The Labute approximate surface area is 127 Å². The van der Waals surface area contributed by atoms with Crippen molar-refractivity contribution in [3.8, 4) is 0 Å². The second kappa shape index (κ2) is 6.05. The number of benzene rings is 1. The van der Waals surface area contributed by atoms with Crippen LogP contribution in [0.15, 0.2) is 41.0 Å². The summed E-state index contributed by atoms with van der Waals surface area (Å²) in [7, 11) is 3.84. The molecule has 0 aliphatic heterocycles. The SMILES string of the molecule is Cc1ccc(Br)c(C(=O)Nc2ccc(N(C)C)nc2)c1. The summed E-state index contributed by atoms with van der Waals surface area (Å²) in [6.07, 6.45) is 1.65. The van der Waals surface area contributed by atoms with Crippen LogP contribution in [0.2, 0.25) is 0 Å². The lowest BCUT2D eigenvalue weighted by molar-refractivity contribution is 0.102. The van der Waals surface area contributed by atoms with Crippen molar-refractivity contribution in [2.75, 3.05) is 24.3 Å². The Morgan fingerprint density at radius 1 is 1.25 bits per heavy atom. The highest BCUT2D eigenvalue weighted by Crippen LogP contribution is 2.20. The van der Waals surface area contributed by atoms with E-state index in [-0.39, 0.29) is 5.91 Å². The third-order valence-corrected chi connectivity index (χ3v) is 3.52. The zero-order valence-corrected chi connectivity index (χ0v) is 13.2. The van der Waals surface area contributed by atoms with E-state index < -0.39 is 0 Å². The van der Waals surface area contributed by atoms with Crippen molar-refractivity contribution >= 4 is 33.3 Å². The van der Waals surface area contributed by atoms with E-state index in [0.717, 1.165) is 15.9 Å². The fourth-order valence-electron chi connectivity index (χ4n) is 1.74. The van der Waals surface area contributed by atoms with Gasteiger partial charge >= 0.3 is 0 Å². The first-order valence-corrected chi connectivity index (χ1v) is 6.97. The van der Waals surface area contributed by atoms with Gasteiger partial charge in [-0.3, -0.25) is 4.79 Å². The number of nitrogens with one attached hydrogen (secondary N) is 1. The summed E-state index contributed by atoms with van der Waals surface area (Å²) in [6, 6.07) is 9.37. The van der Waals surface area contributed by atoms with Crippen molar-refractivity contribution in [2.24, 2.45) is 0 Å². The van der Waals surface area contributed by atoms with Gasteiger partial charge < -0.3 is 10.2 Å². The molecule has 1 N–H and O–H groups in total. The van der Waals surface area contributed by atoms with Crippen molar-refractivity contribution in [3.63, 3.8) is 0 Å². The molecule has 0 aliphatic carbocycles. The predicted molar refractivity (Wildman–Crippen MR) is 85.4 cm³/mol. The number of aromatic nitrogens is 1. The van der Waals surface area contributed by atoms with E-state index in [2.05, 4.69) is 26.2 Å². The van der Waals surface area contributed by atoms with Crippen molar-refractivity contribution in [1.82, 2.24) is 4.98 Å². The molecule has 20 heavy (non-hydrogen) atoms. The Bertz CT molecular complexity index is 624. The van der Waals surface area contributed by atoms with E-state index in [1.54, 1.807) is 6.20 Å². The van der Waals surface area contributed by atoms with Gasteiger partial charge in [0.1, 0.15) is 5.82 Å². The average Bonchev–Trinajstić information content (AvgIpc) is 2.42. The second-order valence-electron chi connectivity index (χ2n) is 4.74. The molecule has 0 atom stereocenters. The van der Waals surface area contributed by atoms with E-state index in [9.17, 15) is 4.79 Å². The Hall–Kier alpha value is -1.88. The predicted octanol–water partition coefficient (Wildman–Crippen LogP) is 3.47. The molecule has 0 saturated heterocycles.